The number of aliphatic hydroxyl groups excluding tert-OH is 1. The summed E-state index contributed by atoms with van der Waals surface area (Å²) in [5, 5.41) is 19.5. The second-order valence-electron chi connectivity index (χ2n) is 5.81. The van der Waals surface area contributed by atoms with Gasteiger partial charge in [-0.15, -0.1) is 11.3 Å². The molecule has 132 valence electrons. The first-order chi connectivity index (χ1) is 12.2. The summed E-state index contributed by atoms with van der Waals surface area (Å²) >= 11 is 1.66. The second kappa shape index (κ2) is 8.87. The molecule has 0 fully saturated rings. The third-order valence-electron chi connectivity index (χ3n) is 3.87. The molecule has 0 amide bonds. The van der Waals surface area contributed by atoms with Crippen molar-refractivity contribution in [1.82, 2.24) is 20.1 Å². The lowest BCUT2D eigenvalue weighted by atomic mass is 10.1. The molecular weight excluding hydrogens is 336 g/mol. The Kier molecular flexibility index (Phi) is 6.30. The maximum atomic E-state index is 10.0. The van der Waals surface area contributed by atoms with Crippen molar-refractivity contribution in [2.75, 3.05) is 13.2 Å². The molecule has 0 aliphatic carbocycles. The van der Waals surface area contributed by atoms with Crippen molar-refractivity contribution in [2.24, 2.45) is 0 Å². The van der Waals surface area contributed by atoms with Crippen molar-refractivity contribution in [3.8, 4) is 5.69 Å². The van der Waals surface area contributed by atoms with Crippen molar-refractivity contribution in [3.05, 3.63) is 64.9 Å². The summed E-state index contributed by atoms with van der Waals surface area (Å²) in [6.45, 7) is 3.43. The van der Waals surface area contributed by atoms with Crippen LogP contribution in [0.25, 0.3) is 5.69 Å². The van der Waals surface area contributed by atoms with Crippen LogP contribution in [0.2, 0.25) is 0 Å². The van der Waals surface area contributed by atoms with Gasteiger partial charge in [0, 0.05) is 17.5 Å². The maximum Gasteiger partial charge on any atom is 0.138 e. The summed E-state index contributed by atoms with van der Waals surface area (Å²) in [5.74, 6) is 0. The van der Waals surface area contributed by atoms with Gasteiger partial charge in [-0.25, -0.2) is 9.67 Å². The minimum absolute atomic E-state index is 0.136. The molecule has 6 nitrogen and oxygen atoms in total. The molecule has 3 aromatic rings. The largest absolute Gasteiger partial charge is 0.389 e. The van der Waals surface area contributed by atoms with Crippen molar-refractivity contribution >= 4 is 11.3 Å². The van der Waals surface area contributed by atoms with Gasteiger partial charge in [0.05, 0.1) is 25.0 Å². The van der Waals surface area contributed by atoms with E-state index in [2.05, 4.69) is 22.3 Å². The number of aromatic nitrogens is 3. The molecule has 2 N–H and O–H groups in total. The highest BCUT2D eigenvalue weighted by Gasteiger charge is 2.10. The first kappa shape index (κ1) is 17.8. The molecule has 0 aliphatic rings. The van der Waals surface area contributed by atoms with Gasteiger partial charge in [-0.05, 0) is 36.1 Å². The van der Waals surface area contributed by atoms with Gasteiger partial charge in [0.2, 0.25) is 0 Å². The molecule has 2 aromatic heterocycles. The Hall–Kier alpha value is -2.06. The predicted octanol–water partition coefficient (Wildman–Crippen LogP) is 2.56. The Morgan fingerprint density at radius 3 is 2.80 bits per heavy atom. The molecule has 2 heterocycles. The van der Waals surface area contributed by atoms with Crippen LogP contribution in [-0.4, -0.2) is 39.1 Å². The molecule has 0 saturated heterocycles. The SMILES string of the molecule is C[C@H](NC[C@H](O)COCc1cccs1)c1ccc(-n2cncn2)cc1. The predicted molar refractivity (Wildman–Crippen MR) is 97.8 cm³/mol. The van der Waals surface area contributed by atoms with E-state index in [4.69, 9.17) is 4.74 Å². The summed E-state index contributed by atoms with van der Waals surface area (Å²) in [6, 6.07) is 12.3. The van der Waals surface area contributed by atoms with Gasteiger partial charge < -0.3 is 15.2 Å². The Balaban J connectivity index is 1.41. The number of hydrogen-bond acceptors (Lipinski definition) is 6. The molecule has 0 unspecified atom stereocenters. The monoisotopic (exact) mass is 358 g/mol. The number of thiophene rings is 1. The average Bonchev–Trinajstić information content (AvgIpc) is 3.33. The van der Waals surface area contributed by atoms with E-state index in [1.807, 2.05) is 41.8 Å². The quantitative estimate of drug-likeness (QED) is 0.615. The number of ether oxygens (including phenoxy) is 1. The Bertz CT molecular complexity index is 729. The van der Waals surface area contributed by atoms with Gasteiger partial charge in [0.1, 0.15) is 12.7 Å². The Morgan fingerprint density at radius 2 is 2.12 bits per heavy atom. The number of benzene rings is 1. The van der Waals surface area contributed by atoms with Gasteiger partial charge in [-0.1, -0.05) is 18.2 Å². The minimum Gasteiger partial charge on any atom is -0.389 e. The second-order valence-corrected chi connectivity index (χ2v) is 6.84. The van der Waals surface area contributed by atoms with E-state index in [9.17, 15) is 5.11 Å². The number of nitrogens with zero attached hydrogens (tertiary/aromatic N) is 3. The zero-order valence-electron chi connectivity index (χ0n) is 14.1. The van der Waals surface area contributed by atoms with Crippen molar-refractivity contribution in [2.45, 2.75) is 25.7 Å². The molecule has 7 heteroatoms. The highest BCUT2D eigenvalue weighted by Crippen LogP contribution is 2.15. The maximum absolute atomic E-state index is 10.0. The fraction of sp³-hybridized carbons (Fsp3) is 0.333. The first-order valence-electron chi connectivity index (χ1n) is 8.19. The molecule has 3 rings (SSSR count). The topological polar surface area (TPSA) is 72.2 Å². The minimum atomic E-state index is -0.531. The van der Waals surface area contributed by atoms with Crippen LogP contribution in [-0.2, 0) is 11.3 Å². The lowest BCUT2D eigenvalue weighted by Crippen LogP contribution is -2.32. The molecule has 25 heavy (non-hydrogen) atoms. The van der Waals surface area contributed by atoms with Gasteiger partial charge in [0.15, 0.2) is 0 Å². The zero-order chi connectivity index (χ0) is 17.5. The highest BCUT2D eigenvalue weighted by molar-refractivity contribution is 7.09. The van der Waals surface area contributed by atoms with Crippen LogP contribution in [0.1, 0.15) is 23.4 Å². The normalized spacial score (nSPS) is 13.7. The van der Waals surface area contributed by atoms with Crippen molar-refractivity contribution in [1.29, 1.82) is 0 Å². The van der Waals surface area contributed by atoms with Crippen LogP contribution in [0.15, 0.2) is 54.4 Å². The fourth-order valence-electron chi connectivity index (χ4n) is 2.44. The van der Waals surface area contributed by atoms with E-state index in [-0.39, 0.29) is 6.04 Å². The molecule has 2 atom stereocenters. The van der Waals surface area contributed by atoms with E-state index >= 15 is 0 Å². The van der Waals surface area contributed by atoms with E-state index in [0.29, 0.717) is 19.8 Å². The van der Waals surface area contributed by atoms with Crippen molar-refractivity contribution in [3.63, 3.8) is 0 Å². The standard InChI is InChI=1S/C18H22N4O2S/c1-14(15-4-6-16(7-5-15)22-13-19-12-21-22)20-9-17(23)10-24-11-18-3-2-8-25-18/h2-8,12-14,17,20,23H,9-11H2,1H3/t14-,17-/m0/s1. The molecule has 0 aliphatic heterocycles. The summed E-state index contributed by atoms with van der Waals surface area (Å²) in [7, 11) is 0. The van der Waals surface area contributed by atoms with E-state index in [1.54, 1.807) is 22.3 Å². The van der Waals surface area contributed by atoms with Crippen LogP contribution in [0, 0.1) is 0 Å². The van der Waals surface area contributed by atoms with Crippen LogP contribution in [0.4, 0.5) is 0 Å². The van der Waals surface area contributed by atoms with Crippen LogP contribution in [0.3, 0.4) is 0 Å². The molecule has 0 radical (unpaired) electrons. The number of aliphatic hydroxyl groups is 1. The van der Waals surface area contributed by atoms with E-state index in [0.717, 1.165) is 11.3 Å². The Morgan fingerprint density at radius 1 is 1.28 bits per heavy atom. The molecular formula is C18H22N4O2S. The fourth-order valence-corrected chi connectivity index (χ4v) is 3.08. The number of hydrogen-bond donors (Lipinski definition) is 2. The van der Waals surface area contributed by atoms with Crippen LogP contribution < -0.4 is 5.32 Å². The number of rotatable bonds is 9. The smallest absolute Gasteiger partial charge is 0.138 e. The molecule has 0 saturated carbocycles. The molecule has 1 aromatic carbocycles. The zero-order valence-corrected chi connectivity index (χ0v) is 14.9. The lowest BCUT2D eigenvalue weighted by Gasteiger charge is -2.18. The van der Waals surface area contributed by atoms with Gasteiger partial charge in [-0.3, -0.25) is 0 Å². The third kappa shape index (κ3) is 5.20. The van der Waals surface area contributed by atoms with Gasteiger partial charge in [-0.2, -0.15) is 5.10 Å². The summed E-state index contributed by atoms with van der Waals surface area (Å²) in [4.78, 5) is 5.11. The van der Waals surface area contributed by atoms with E-state index in [1.165, 1.54) is 11.2 Å². The first-order valence-corrected chi connectivity index (χ1v) is 9.07. The Labute approximate surface area is 151 Å². The third-order valence-corrected chi connectivity index (χ3v) is 4.72. The van der Waals surface area contributed by atoms with Gasteiger partial charge >= 0.3 is 0 Å². The summed E-state index contributed by atoms with van der Waals surface area (Å²) in [5.41, 5.74) is 2.12. The highest BCUT2D eigenvalue weighted by atomic mass is 32.1. The van der Waals surface area contributed by atoms with Crippen LogP contribution in [0.5, 0.6) is 0 Å². The molecule has 0 bridgehead atoms. The van der Waals surface area contributed by atoms with Crippen LogP contribution >= 0.6 is 11.3 Å². The molecule has 0 spiro atoms. The number of nitrogens with one attached hydrogen (secondary N) is 1. The summed E-state index contributed by atoms with van der Waals surface area (Å²) < 4.78 is 7.26. The summed E-state index contributed by atoms with van der Waals surface area (Å²) in [6.07, 6.45) is 2.65. The van der Waals surface area contributed by atoms with E-state index < -0.39 is 6.10 Å². The van der Waals surface area contributed by atoms with Gasteiger partial charge in [0.25, 0.3) is 0 Å². The lowest BCUT2D eigenvalue weighted by molar-refractivity contribution is 0.0288. The average molecular weight is 358 g/mol. The van der Waals surface area contributed by atoms with Crippen molar-refractivity contribution < 1.29 is 9.84 Å².